The first-order valence-corrected chi connectivity index (χ1v) is 6.32. The average Bonchev–Trinajstić information content (AvgIpc) is 2.30. The number of nitrogen functional groups attached to an aromatic ring is 1. The SMILES string of the molecule is COc1cc(N)ccc1CN(C)CC(=O)NC(C)C. The maximum absolute atomic E-state index is 11.7. The minimum atomic E-state index is 0.0203. The van der Waals surface area contributed by atoms with Crippen LogP contribution in [0.3, 0.4) is 0 Å². The first kappa shape index (κ1) is 15.3. The van der Waals surface area contributed by atoms with Gasteiger partial charge in [-0.2, -0.15) is 0 Å². The lowest BCUT2D eigenvalue weighted by Crippen LogP contribution is -2.38. The van der Waals surface area contributed by atoms with Crippen LogP contribution in [0, 0.1) is 0 Å². The van der Waals surface area contributed by atoms with Crippen LogP contribution < -0.4 is 15.8 Å². The maximum Gasteiger partial charge on any atom is 0.234 e. The van der Waals surface area contributed by atoms with Gasteiger partial charge in [0.2, 0.25) is 5.91 Å². The minimum absolute atomic E-state index is 0.0203. The van der Waals surface area contributed by atoms with Crippen LogP contribution in [0.5, 0.6) is 5.75 Å². The fourth-order valence-electron chi connectivity index (χ4n) is 1.85. The summed E-state index contributed by atoms with van der Waals surface area (Å²) in [6, 6.07) is 5.70. The van der Waals surface area contributed by atoms with Crippen molar-refractivity contribution in [3.63, 3.8) is 0 Å². The molecule has 0 aliphatic carbocycles. The van der Waals surface area contributed by atoms with Crippen molar-refractivity contribution < 1.29 is 9.53 Å². The van der Waals surface area contributed by atoms with E-state index in [1.54, 1.807) is 13.2 Å². The third-order valence-electron chi connectivity index (χ3n) is 2.61. The number of rotatable bonds is 6. The number of hydrogen-bond donors (Lipinski definition) is 2. The molecule has 1 aromatic carbocycles. The van der Waals surface area contributed by atoms with Crippen molar-refractivity contribution in [1.29, 1.82) is 0 Å². The molecule has 5 nitrogen and oxygen atoms in total. The highest BCUT2D eigenvalue weighted by Crippen LogP contribution is 2.22. The number of carbonyl (C=O) groups is 1. The van der Waals surface area contributed by atoms with Crippen molar-refractivity contribution in [2.75, 3.05) is 26.4 Å². The summed E-state index contributed by atoms with van der Waals surface area (Å²) in [6.45, 7) is 4.88. The van der Waals surface area contributed by atoms with E-state index in [-0.39, 0.29) is 11.9 Å². The topological polar surface area (TPSA) is 67.6 Å². The number of hydrogen-bond acceptors (Lipinski definition) is 4. The van der Waals surface area contributed by atoms with E-state index in [4.69, 9.17) is 10.5 Å². The van der Waals surface area contributed by atoms with Gasteiger partial charge in [0.15, 0.2) is 0 Å². The molecule has 0 atom stereocenters. The monoisotopic (exact) mass is 265 g/mol. The van der Waals surface area contributed by atoms with Gasteiger partial charge in [-0.25, -0.2) is 0 Å². The Morgan fingerprint density at radius 1 is 1.47 bits per heavy atom. The molecule has 0 saturated heterocycles. The van der Waals surface area contributed by atoms with Gasteiger partial charge in [0.1, 0.15) is 5.75 Å². The predicted molar refractivity (Wildman–Crippen MR) is 77.0 cm³/mol. The molecule has 5 heteroatoms. The van der Waals surface area contributed by atoms with Gasteiger partial charge in [-0.15, -0.1) is 0 Å². The fourth-order valence-corrected chi connectivity index (χ4v) is 1.85. The van der Waals surface area contributed by atoms with E-state index < -0.39 is 0 Å². The van der Waals surface area contributed by atoms with Gasteiger partial charge in [0.05, 0.1) is 13.7 Å². The lowest BCUT2D eigenvalue weighted by molar-refractivity contribution is -0.122. The Morgan fingerprint density at radius 2 is 2.16 bits per heavy atom. The molecular formula is C14H23N3O2. The highest BCUT2D eigenvalue weighted by Gasteiger charge is 2.10. The molecule has 1 aromatic rings. The van der Waals surface area contributed by atoms with Gasteiger partial charge in [-0.05, 0) is 27.0 Å². The Morgan fingerprint density at radius 3 is 2.74 bits per heavy atom. The number of methoxy groups -OCH3 is 1. The summed E-state index contributed by atoms with van der Waals surface area (Å²) in [5.74, 6) is 0.767. The Hall–Kier alpha value is -1.75. The highest BCUT2D eigenvalue weighted by molar-refractivity contribution is 5.78. The number of amides is 1. The van der Waals surface area contributed by atoms with Gasteiger partial charge in [-0.3, -0.25) is 9.69 Å². The van der Waals surface area contributed by atoms with Crippen LogP contribution in [-0.4, -0.2) is 37.6 Å². The Balaban J connectivity index is 2.61. The molecular weight excluding hydrogens is 242 g/mol. The number of carbonyl (C=O) groups excluding carboxylic acids is 1. The number of nitrogens with two attached hydrogens (primary N) is 1. The van der Waals surface area contributed by atoms with Crippen molar-refractivity contribution in [3.8, 4) is 5.75 Å². The molecule has 106 valence electrons. The molecule has 0 aliphatic heterocycles. The van der Waals surface area contributed by atoms with Gasteiger partial charge < -0.3 is 15.8 Å². The molecule has 0 bridgehead atoms. The van der Waals surface area contributed by atoms with Gasteiger partial charge in [0, 0.05) is 29.9 Å². The van der Waals surface area contributed by atoms with Crippen LogP contribution in [0.15, 0.2) is 18.2 Å². The number of likely N-dealkylation sites (N-methyl/N-ethyl adjacent to an activating group) is 1. The van der Waals surface area contributed by atoms with Crippen molar-refractivity contribution in [3.05, 3.63) is 23.8 Å². The largest absolute Gasteiger partial charge is 0.496 e. The Kier molecular flexibility index (Phi) is 5.63. The highest BCUT2D eigenvalue weighted by atomic mass is 16.5. The summed E-state index contributed by atoms with van der Waals surface area (Å²) in [5.41, 5.74) is 7.39. The zero-order valence-electron chi connectivity index (χ0n) is 12.1. The molecule has 0 saturated carbocycles. The van der Waals surface area contributed by atoms with Crippen LogP contribution >= 0.6 is 0 Å². The Labute approximate surface area is 114 Å². The van der Waals surface area contributed by atoms with Crippen LogP contribution in [0.4, 0.5) is 5.69 Å². The van der Waals surface area contributed by atoms with Crippen LogP contribution in [-0.2, 0) is 11.3 Å². The molecule has 0 unspecified atom stereocenters. The van der Waals surface area contributed by atoms with Gasteiger partial charge in [-0.1, -0.05) is 6.07 Å². The van der Waals surface area contributed by atoms with Crippen LogP contribution in [0.25, 0.3) is 0 Å². The predicted octanol–water partition coefficient (Wildman–Crippen LogP) is 1.23. The molecule has 1 rings (SSSR count). The van der Waals surface area contributed by atoms with E-state index >= 15 is 0 Å². The molecule has 0 aliphatic rings. The second-order valence-corrected chi connectivity index (χ2v) is 4.97. The molecule has 3 N–H and O–H groups in total. The molecule has 0 aromatic heterocycles. The molecule has 0 heterocycles. The fraction of sp³-hybridized carbons (Fsp3) is 0.500. The van der Waals surface area contributed by atoms with Crippen molar-refractivity contribution in [2.24, 2.45) is 0 Å². The summed E-state index contributed by atoms with van der Waals surface area (Å²) >= 11 is 0. The van der Waals surface area contributed by atoms with Crippen molar-refractivity contribution >= 4 is 11.6 Å². The van der Waals surface area contributed by atoms with Gasteiger partial charge >= 0.3 is 0 Å². The lowest BCUT2D eigenvalue weighted by atomic mass is 10.1. The zero-order chi connectivity index (χ0) is 14.4. The zero-order valence-corrected chi connectivity index (χ0v) is 12.1. The third kappa shape index (κ3) is 5.18. The van der Waals surface area contributed by atoms with E-state index in [2.05, 4.69) is 5.32 Å². The number of anilines is 1. The molecule has 0 radical (unpaired) electrons. The molecule has 1 amide bonds. The van der Waals surface area contributed by atoms with Gasteiger partial charge in [0.25, 0.3) is 0 Å². The van der Waals surface area contributed by atoms with E-state index in [0.717, 1.165) is 11.3 Å². The lowest BCUT2D eigenvalue weighted by Gasteiger charge is -2.19. The molecule has 0 fully saturated rings. The maximum atomic E-state index is 11.7. The number of nitrogens with one attached hydrogen (secondary N) is 1. The normalized spacial score (nSPS) is 10.8. The third-order valence-corrected chi connectivity index (χ3v) is 2.61. The number of nitrogens with zero attached hydrogens (tertiary/aromatic N) is 1. The number of ether oxygens (including phenoxy) is 1. The first-order chi connectivity index (χ1) is 8.92. The summed E-state index contributed by atoms with van der Waals surface area (Å²) in [4.78, 5) is 13.6. The smallest absolute Gasteiger partial charge is 0.234 e. The minimum Gasteiger partial charge on any atom is -0.496 e. The second-order valence-electron chi connectivity index (χ2n) is 4.97. The second kappa shape index (κ2) is 6.99. The summed E-state index contributed by atoms with van der Waals surface area (Å²) < 4.78 is 5.29. The first-order valence-electron chi connectivity index (χ1n) is 6.32. The average molecular weight is 265 g/mol. The van der Waals surface area contributed by atoms with E-state index in [1.807, 2.05) is 37.9 Å². The summed E-state index contributed by atoms with van der Waals surface area (Å²) in [6.07, 6.45) is 0. The van der Waals surface area contributed by atoms with E-state index in [9.17, 15) is 4.79 Å². The standard InChI is InChI=1S/C14H23N3O2/c1-10(2)16-14(18)9-17(3)8-11-5-6-12(15)7-13(11)19-4/h5-7,10H,8-9,15H2,1-4H3,(H,16,18). The molecule has 0 spiro atoms. The molecule has 19 heavy (non-hydrogen) atoms. The summed E-state index contributed by atoms with van der Waals surface area (Å²) in [7, 11) is 3.51. The van der Waals surface area contributed by atoms with E-state index in [0.29, 0.717) is 18.8 Å². The van der Waals surface area contributed by atoms with Crippen molar-refractivity contribution in [2.45, 2.75) is 26.4 Å². The van der Waals surface area contributed by atoms with E-state index in [1.165, 1.54) is 0 Å². The number of benzene rings is 1. The quantitative estimate of drug-likeness (QED) is 0.759. The Bertz CT molecular complexity index is 433. The van der Waals surface area contributed by atoms with Crippen LogP contribution in [0.1, 0.15) is 19.4 Å². The van der Waals surface area contributed by atoms with Crippen LogP contribution in [0.2, 0.25) is 0 Å². The van der Waals surface area contributed by atoms with Crippen molar-refractivity contribution in [1.82, 2.24) is 10.2 Å². The summed E-state index contributed by atoms with van der Waals surface area (Å²) in [5, 5.41) is 2.87.